The Labute approximate surface area is 149 Å². The van der Waals surface area contributed by atoms with Gasteiger partial charge in [-0.05, 0) is 68.2 Å². The molecule has 0 amide bonds. The summed E-state index contributed by atoms with van der Waals surface area (Å²) in [5, 5.41) is 21.2. The largest absolute Gasteiger partial charge is 0.297 e. The summed E-state index contributed by atoms with van der Waals surface area (Å²) < 4.78 is 27.5. The minimum absolute atomic E-state index is 0.00419. The molecule has 0 unspecified atom stereocenters. The lowest BCUT2D eigenvalue weighted by Gasteiger charge is -2.31. The maximum atomic E-state index is 13.8. The van der Waals surface area contributed by atoms with E-state index in [2.05, 4.69) is 13.2 Å². The van der Waals surface area contributed by atoms with Gasteiger partial charge in [0.15, 0.2) is 11.7 Å². The number of nitrogens with zero attached hydrogens (tertiary/aromatic N) is 2. The molecule has 1 saturated carbocycles. The highest BCUT2D eigenvalue weighted by molar-refractivity contribution is 5.30. The van der Waals surface area contributed by atoms with Crippen LogP contribution in [0.1, 0.15) is 38.5 Å². The van der Waals surface area contributed by atoms with Gasteiger partial charge in [0.25, 0.3) is 11.4 Å². The molecule has 2 rings (SSSR count). The average molecular weight is 366 g/mol. The Kier molecular flexibility index (Phi) is 6.18. The Balaban J connectivity index is 1.97. The number of allylic oxidation sites excluding steroid dienone is 7. The fraction of sp³-hybridized carbons (Fsp3) is 0.444. The molecule has 140 valence electrons. The maximum absolute atomic E-state index is 13.8. The first-order chi connectivity index (χ1) is 12.2. The zero-order valence-electron chi connectivity index (χ0n) is 14.2. The van der Waals surface area contributed by atoms with Crippen molar-refractivity contribution in [1.82, 2.24) is 0 Å². The SMILES string of the molecule is C=C(/C=C(/F)C(=C)[N+](=O)[O-])C1CCC(C2=CC(F)=C([N+](=O)[O-])CC2)CC1. The predicted molar refractivity (Wildman–Crippen MR) is 92.4 cm³/mol. The normalized spacial score (nSPS) is 24.1. The van der Waals surface area contributed by atoms with Gasteiger partial charge in [-0.1, -0.05) is 12.2 Å². The number of hydrogen-bond acceptors (Lipinski definition) is 4. The third-order valence-electron chi connectivity index (χ3n) is 5.04. The summed E-state index contributed by atoms with van der Waals surface area (Å²) in [6.07, 6.45) is 5.77. The summed E-state index contributed by atoms with van der Waals surface area (Å²) in [7, 11) is 0. The van der Waals surface area contributed by atoms with Gasteiger partial charge in [0.05, 0.1) is 9.85 Å². The Morgan fingerprint density at radius 3 is 2.27 bits per heavy atom. The van der Waals surface area contributed by atoms with Gasteiger partial charge in [-0.2, -0.15) is 8.78 Å². The highest BCUT2D eigenvalue weighted by Gasteiger charge is 2.30. The van der Waals surface area contributed by atoms with Gasteiger partial charge < -0.3 is 0 Å². The standard InChI is InChI=1S/C18H20F2N2O4/c1-11(9-16(19)12(2)21(23)24)13-3-5-14(6-4-13)15-7-8-18(22(25)26)17(20)10-15/h9-10,13-14H,1-8H2/b16-9+. The molecule has 2 aliphatic rings. The van der Waals surface area contributed by atoms with Crippen molar-refractivity contribution in [2.45, 2.75) is 38.5 Å². The Hall–Kier alpha value is -2.64. The van der Waals surface area contributed by atoms with Crippen molar-refractivity contribution < 1.29 is 18.6 Å². The Morgan fingerprint density at radius 1 is 1.15 bits per heavy atom. The molecule has 8 heteroatoms. The van der Waals surface area contributed by atoms with Crippen LogP contribution < -0.4 is 0 Å². The van der Waals surface area contributed by atoms with Crippen LogP contribution in [-0.2, 0) is 0 Å². The molecule has 0 bridgehead atoms. The number of nitro groups is 2. The maximum Gasteiger partial charge on any atom is 0.297 e. The minimum Gasteiger partial charge on any atom is -0.259 e. The molecule has 0 aromatic heterocycles. The van der Waals surface area contributed by atoms with Crippen LogP contribution in [-0.4, -0.2) is 9.85 Å². The smallest absolute Gasteiger partial charge is 0.259 e. The van der Waals surface area contributed by atoms with Gasteiger partial charge in [0.2, 0.25) is 0 Å². The second-order valence-electron chi connectivity index (χ2n) is 6.59. The van der Waals surface area contributed by atoms with Gasteiger partial charge in [0.1, 0.15) is 0 Å². The van der Waals surface area contributed by atoms with E-state index in [1.165, 1.54) is 6.08 Å². The molecule has 0 aromatic carbocycles. The molecule has 1 fully saturated rings. The molecule has 0 aliphatic heterocycles. The summed E-state index contributed by atoms with van der Waals surface area (Å²) in [5.74, 6) is -1.64. The predicted octanol–water partition coefficient (Wildman–Crippen LogP) is 5.17. The van der Waals surface area contributed by atoms with Crippen molar-refractivity contribution in [3.63, 3.8) is 0 Å². The first-order valence-electron chi connectivity index (χ1n) is 8.33. The number of halogens is 2. The van der Waals surface area contributed by atoms with Crippen LogP contribution in [0.25, 0.3) is 0 Å². The van der Waals surface area contributed by atoms with Crippen LogP contribution in [0.4, 0.5) is 8.78 Å². The van der Waals surface area contributed by atoms with E-state index in [0.717, 1.165) is 24.5 Å². The molecule has 0 spiro atoms. The van der Waals surface area contributed by atoms with Crippen LogP contribution in [0, 0.1) is 32.1 Å². The molecular formula is C18H20F2N2O4. The van der Waals surface area contributed by atoms with Gasteiger partial charge in [-0.25, -0.2) is 0 Å². The van der Waals surface area contributed by atoms with Crippen molar-refractivity contribution >= 4 is 0 Å². The van der Waals surface area contributed by atoms with E-state index in [1.807, 2.05) is 0 Å². The summed E-state index contributed by atoms with van der Waals surface area (Å²) in [6.45, 7) is 6.87. The molecule has 0 aromatic rings. The van der Waals surface area contributed by atoms with E-state index >= 15 is 0 Å². The molecular weight excluding hydrogens is 346 g/mol. The van der Waals surface area contributed by atoms with Crippen LogP contribution in [0.3, 0.4) is 0 Å². The molecule has 2 aliphatic carbocycles. The van der Waals surface area contributed by atoms with E-state index in [0.29, 0.717) is 24.8 Å². The average Bonchev–Trinajstić information content (AvgIpc) is 2.60. The van der Waals surface area contributed by atoms with Crippen molar-refractivity contribution in [3.05, 3.63) is 79.7 Å². The molecule has 0 N–H and O–H groups in total. The Bertz CT molecular complexity index is 744. The molecule has 26 heavy (non-hydrogen) atoms. The second kappa shape index (κ2) is 8.16. The van der Waals surface area contributed by atoms with Crippen LogP contribution in [0.15, 0.2) is 59.5 Å². The van der Waals surface area contributed by atoms with E-state index in [1.54, 1.807) is 0 Å². The van der Waals surface area contributed by atoms with E-state index in [9.17, 15) is 29.0 Å². The first-order valence-corrected chi connectivity index (χ1v) is 8.33. The zero-order chi connectivity index (χ0) is 19.4. The van der Waals surface area contributed by atoms with Crippen molar-refractivity contribution in [2.75, 3.05) is 0 Å². The summed E-state index contributed by atoms with van der Waals surface area (Å²) in [4.78, 5) is 19.7. The topological polar surface area (TPSA) is 86.3 Å². The minimum atomic E-state index is -1.00. The van der Waals surface area contributed by atoms with E-state index in [-0.39, 0.29) is 24.0 Å². The van der Waals surface area contributed by atoms with Crippen molar-refractivity contribution in [3.8, 4) is 0 Å². The van der Waals surface area contributed by atoms with Gasteiger partial charge in [-0.15, -0.1) is 0 Å². The number of rotatable bonds is 6. The third kappa shape index (κ3) is 4.50. The highest BCUT2D eigenvalue weighted by Crippen LogP contribution is 2.40. The third-order valence-corrected chi connectivity index (χ3v) is 5.04. The molecule has 6 nitrogen and oxygen atoms in total. The fourth-order valence-electron chi connectivity index (χ4n) is 3.49. The molecule has 0 radical (unpaired) electrons. The quantitative estimate of drug-likeness (QED) is 0.369. The summed E-state index contributed by atoms with van der Waals surface area (Å²) in [5.41, 5.74) is 0.183. The zero-order valence-corrected chi connectivity index (χ0v) is 14.2. The van der Waals surface area contributed by atoms with Crippen LogP contribution in [0.5, 0.6) is 0 Å². The van der Waals surface area contributed by atoms with Gasteiger partial charge >= 0.3 is 0 Å². The van der Waals surface area contributed by atoms with Gasteiger partial charge in [0, 0.05) is 6.42 Å². The second-order valence-corrected chi connectivity index (χ2v) is 6.59. The van der Waals surface area contributed by atoms with Gasteiger partial charge in [-0.3, -0.25) is 20.2 Å². The first kappa shape index (κ1) is 19.7. The lowest BCUT2D eigenvalue weighted by atomic mass is 9.74. The number of hydrogen-bond donors (Lipinski definition) is 0. The van der Waals surface area contributed by atoms with E-state index in [4.69, 9.17) is 0 Å². The molecule has 0 heterocycles. The molecule has 0 atom stereocenters. The monoisotopic (exact) mass is 366 g/mol. The Morgan fingerprint density at radius 2 is 1.77 bits per heavy atom. The highest BCUT2D eigenvalue weighted by atomic mass is 19.1. The van der Waals surface area contributed by atoms with E-state index < -0.39 is 27.2 Å². The van der Waals surface area contributed by atoms with Crippen molar-refractivity contribution in [2.24, 2.45) is 11.8 Å². The van der Waals surface area contributed by atoms with Crippen LogP contribution >= 0.6 is 0 Å². The van der Waals surface area contributed by atoms with Crippen molar-refractivity contribution in [1.29, 1.82) is 0 Å². The summed E-state index contributed by atoms with van der Waals surface area (Å²) in [6, 6.07) is 0. The lowest BCUT2D eigenvalue weighted by molar-refractivity contribution is -0.430. The van der Waals surface area contributed by atoms with Crippen LogP contribution in [0.2, 0.25) is 0 Å². The lowest BCUT2D eigenvalue weighted by Crippen LogP contribution is -2.19. The fourth-order valence-corrected chi connectivity index (χ4v) is 3.49. The molecule has 0 saturated heterocycles. The summed E-state index contributed by atoms with van der Waals surface area (Å²) >= 11 is 0.